The lowest BCUT2D eigenvalue weighted by atomic mass is 10.0. The maximum absolute atomic E-state index is 8.87. The highest BCUT2D eigenvalue weighted by Gasteiger charge is 2.04. The van der Waals surface area contributed by atoms with Crippen LogP contribution in [0.15, 0.2) is 12.3 Å². The van der Waals surface area contributed by atoms with E-state index in [1.165, 1.54) is 0 Å². The number of nitrogens with one attached hydrogen (secondary N) is 1. The molecular formula is C12H21N3O. The maximum atomic E-state index is 8.87. The van der Waals surface area contributed by atoms with Gasteiger partial charge in [0, 0.05) is 19.3 Å². The minimum atomic E-state index is 0.271. The highest BCUT2D eigenvalue weighted by atomic mass is 16.3. The van der Waals surface area contributed by atoms with Crippen LogP contribution in [0, 0.1) is 12.8 Å². The summed E-state index contributed by atoms with van der Waals surface area (Å²) in [7, 11) is 0. The van der Waals surface area contributed by atoms with Crippen molar-refractivity contribution in [2.45, 2.75) is 33.2 Å². The van der Waals surface area contributed by atoms with Crippen molar-refractivity contribution in [3.63, 3.8) is 0 Å². The number of nitrogens with zero attached hydrogens (tertiary/aromatic N) is 2. The van der Waals surface area contributed by atoms with Crippen LogP contribution in [0.5, 0.6) is 0 Å². The predicted molar refractivity (Wildman–Crippen MR) is 64.0 cm³/mol. The zero-order chi connectivity index (χ0) is 11.8. The van der Waals surface area contributed by atoms with Crippen molar-refractivity contribution >= 4 is 0 Å². The molecule has 4 nitrogen and oxygen atoms in total. The lowest BCUT2D eigenvalue weighted by Crippen LogP contribution is -2.23. The van der Waals surface area contributed by atoms with E-state index < -0.39 is 0 Å². The Hall–Kier alpha value is -1.00. The summed E-state index contributed by atoms with van der Waals surface area (Å²) in [6.07, 6.45) is 3.74. The molecule has 1 unspecified atom stereocenters. The Balaban J connectivity index is 2.29. The van der Waals surface area contributed by atoms with Crippen molar-refractivity contribution in [2.75, 3.05) is 13.2 Å². The summed E-state index contributed by atoms with van der Waals surface area (Å²) < 4.78 is 0. The van der Waals surface area contributed by atoms with E-state index in [1.54, 1.807) is 6.20 Å². The number of aliphatic hydroxyl groups excluding tert-OH is 1. The Labute approximate surface area is 97.1 Å². The summed E-state index contributed by atoms with van der Waals surface area (Å²) in [5, 5.41) is 12.2. The molecule has 0 spiro atoms. The highest BCUT2D eigenvalue weighted by molar-refractivity contribution is 5.00. The van der Waals surface area contributed by atoms with Crippen LogP contribution in [0.4, 0.5) is 0 Å². The van der Waals surface area contributed by atoms with Gasteiger partial charge in [0.15, 0.2) is 0 Å². The summed E-state index contributed by atoms with van der Waals surface area (Å²) in [6.45, 7) is 6.01. The molecule has 1 aromatic rings. The van der Waals surface area contributed by atoms with Crippen molar-refractivity contribution in [1.29, 1.82) is 0 Å². The summed E-state index contributed by atoms with van der Waals surface area (Å²) >= 11 is 0. The third kappa shape index (κ3) is 4.68. The topological polar surface area (TPSA) is 58.0 Å². The lowest BCUT2D eigenvalue weighted by molar-refractivity contribution is 0.251. The average Bonchev–Trinajstić information content (AvgIpc) is 2.28. The molecule has 4 heteroatoms. The standard InChI is InChI=1S/C12H21N3O/c1-3-11(5-7-16)8-13-9-12-4-6-14-10(2)15-12/h4,6,11,13,16H,3,5,7-9H2,1-2H3. The fourth-order valence-electron chi connectivity index (χ4n) is 1.64. The third-order valence-corrected chi connectivity index (χ3v) is 2.69. The van der Waals surface area contributed by atoms with E-state index in [9.17, 15) is 0 Å². The van der Waals surface area contributed by atoms with E-state index >= 15 is 0 Å². The number of aromatic nitrogens is 2. The molecule has 90 valence electrons. The molecule has 0 aromatic carbocycles. The van der Waals surface area contributed by atoms with E-state index in [1.807, 2.05) is 13.0 Å². The van der Waals surface area contributed by atoms with Crippen LogP contribution in [0.3, 0.4) is 0 Å². The monoisotopic (exact) mass is 223 g/mol. The third-order valence-electron chi connectivity index (χ3n) is 2.69. The molecule has 0 radical (unpaired) electrons. The molecule has 1 heterocycles. The van der Waals surface area contributed by atoms with Crippen molar-refractivity contribution in [3.05, 3.63) is 23.8 Å². The zero-order valence-corrected chi connectivity index (χ0v) is 10.1. The molecule has 1 aromatic heterocycles. The first-order valence-corrected chi connectivity index (χ1v) is 5.86. The Bertz CT molecular complexity index is 304. The molecule has 0 saturated carbocycles. The quantitative estimate of drug-likeness (QED) is 0.731. The molecule has 0 amide bonds. The van der Waals surface area contributed by atoms with Gasteiger partial charge in [0.1, 0.15) is 5.82 Å². The van der Waals surface area contributed by atoms with Crippen molar-refractivity contribution < 1.29 is 5.11 Å². The smallest absolute Gasteiger partial charge is 0.125 e. The van der Waals surface area contributed by atoms with Crippen LogP contribution in [0.2, 0.25) is 0 Å². The second-order valence-electron chi connectivity index (χ2n) is 4.01. The van der Waals surface area contributed by atoms with Gasteiger partial charge in [-0.3, -0.25) is 0 Å². The fraction of sp³-hybridized carbons (Fsp3) is 0.667. The van der Waals surface area contributed by atoms with E-state index in [0.717, 1.165) is 37.4 Å². The molecular weight excluding hydrogens is 202 g/mol. The van der Waals surface area contributed by atoms with Gasteiger partial charge in [-0.15, -0.1) is 0 Å². The number of aryl methyl sites for hydroxylation is 1. The molecule has 0 aliphatic carbocycles. The summed E-state index contributed by atoms with van der Waals surface area (Å²) in [6, 6.07) is 1.92. The molecule has 0 aliphatic heterocycles. The molecule has 2 N–H and O–H groups in total. The van der Waals surface area contributed by atoms with Crippen molar-refractivity contribution in [1.82, 2.24) is 15.3 Å². The first-order chi connectivity index (χ1) is 7.76. The average molecular weight is 223 g/mol. The minimum Gasteiger partial charge on any atom is -0.396 e. The normalized spacial score (nSPS) is 12.7. The van der Waals surface area contributed by atoms with Crippen LogP contribution in [-0.4, -0.2) is 28.2 Å². The van der Waals surface area contributed by atoms with Gasteiger partial charge in [0.05, 0.1) is 5.69 Å². The van der Waals surface area contributed by atoms with Crippen LogP contribution in [0.1, 0.15) is 31.3 Å². The van der Waals surface area contributed by atoms with Gasteiger partial charge in [-0.2, -0.15) is 0 Å². The Morgan fingerprint density at radius 1 is 1.50 bits per heavy atom. The lowest BCUT2D eigenvalue weighted by Gasteiger charge is -2.13. The summed E-state index contributed by atoms with van der Waals surface area (Å²) in [5.41, 5.74) is 1.02. The number of hydrogen-bond donors (Lipinski definition) is 2. The molecule has 0 bridgehead atoms. The van der Waals surface area contributed by atoms with Crippen LogP contribution in [0.25, 0.3) is 0 Å². The van der Waals surface area contributed by atoms with Crippen LogP contribution in [-0.2, 0) is 6.54 Å². The molecule has 0 aliphatic rings. The number of rotatable bonds is 7. The fourth-order valence-corrected chi connectivity index (χ4v) is 1.64. The predicted octanol–water partition coefficient (Wildman–Crippen LogP) is 1.28. The van der Waals surface area contributed by atoms with Gasteiger partial charge >= 0.3 is 0 Å². The molecule has 1 rings (SSSR count). The Morgan fingerprint density at radius 2 is 2.31 bits per heavy atom. The van der Waals surface area contributed by atoms with Crippen molar-refractivity contribution in [2.24, 2.45) is 5.92 Å². The van der Waals surface area contributed by atoms with Gasteiger partial charge in [0.2, 0.25) is 0 Å². The number of aliphatic hydroxyl groups is 1. The van der Waals surface area contributed by atoms with Crippen LogP contribution >= 0.6 is 0 Å². The second-order valence-corrected chi connectivity index (χ2v) is 4.01. The van der Waals surface area contributed by atoms with Gasteiger partial charge in [-0.05, 0) is 31.9 Å². The summed E-state index contributed by atoms with van der Waals surface area (Å²) in [4.78, 5) is 8.38. The molecule has 16 heavy (non-hydrogen) atoms. The van der Waals surface area contributed by atoms with Gasteiger partial charge in [0.25, 0.3) is 0 Å². The van der Waals surface area contributed by atoms with Gasteiger partial charge in [-0.1, -0.05) is 13.3 Å². The van der Waals surface area contributed by atoms with E-state index in [0.29, 0.717) is 5.92 Å². The summed E-state index contributed by atoms with van der Waals surface area (Å²) in [5.74, 6) is 1.36. The SMILES string of the molecule is CCC(CCO)CNCc1ccnc(C)n1. The van der Waals surface area contributed by atoms with Crippen molar-refractivity contribution in [3.8, 4) is 0 Å². The Kier molecular flexibility index (Phi) is 5.96. The minimum absolute atomic E-state index is 0.271. The van der Waals surface area contributed by atoms with Crippen LogP contribution < -0.4 is 5.32 Å². The first-order valence-electron chi connectivity index (χ1n) is 5.86. The molecule has 1 atom stereocenters. The van der Waals surface area contributed by atoms with Gasteiger partial charge < -0.3 is 10.4 Å². The van der Waals surface area contributed by atoms with E-state index in [-0.39, 0.29) is 6.61 Å². The number of hydrogen-bond acceptors (Lipinski definition) is 4. The second kappa shape index (κ2) is 7.30. The Morgan fingerprint density at radius 3 is 2.94 bits per heavy atom. The van der Waals surface area contributed by atoms with Gasteiger partial charge in [-0.25, -0.2) is 9.97 Å². The maximum Gasteiger partial charge on any atom is 0.125 e. The molecule has 0 fully saturated rings. The van der Waals surface area contributed by atoms with E-state index in [4.69, 9.17) is 5.11 Å². The highest BCUT2D eigenvalue weighted by Crippen LogP contribution is 2.05. The largest absolute Gasteiger partial charge is 0.396 e. The first kappa shape index (κ1) is 13.1. The molecule has 0 saturated heterocycles. The van der Waals surface area contributed by atoms with E-state index in [2.05, 4.69) is 22.2 Å². The zero-order valence-electron chi connectivity index (χ0n) is 10.1.